The van der Waals surface area contributed by atoms with Gasteiger partial charge in [0.25, 0.3) is 0 Å². The van der Waals surface area contributed by atoms with E-state index in [1.54, 1.807) is 6.07 Å². The Morgan fingerprint density at radius 2 is 1.95 bits per heavy atom. The van der Waals surface area contributed by atoms with Gasteiger partial charge in [-0.2, -0.15) is 0 Å². The molecule has 4 N–H and O–H groups in total. The summed E-state index contributed by atoms with van der Waals surface area (Å²) in [6.45, 7) is 8.32. The molecular weight excluding hydrogens is 240 g/mol. The minimum absolute atomic E-state index is 0.165. The van der Waals surface area contributed by atoms with Crippen molar-refractivity contribution in [3.63, 3.8) is 0 Å². The number of carbonyl (C=O) groups is 1. The van der Waals surface area contributed by atoms with Gasteiger partial charge in [-0.25, -0.2) is 4.79 Å². The van der Waals surface area contributed by atoms with Crippen LogP contribution in [0.25, 0.3) is 0 Å². The zero-order valence-corrected chi connectivity index (χ0v) is 12.2. The summed E-state index contributed by atoms with van der Waals surface area (Å²) in [4.78, 5) is 11.1. The molecule has 4 nitrogen and oxygen atoms in total. The van der Waals surface area contributed by atoms with Crippen LogP contribution in [0, 0.1) is 12.8 Å². The van der Waals surface area contributed by atoms with Gasteiger partial charge >= 0.3 is 5.97 Å². The highest BCUT2D eigenvalue weighted by molar-refractivity contribution is 5.95. The average molecular weight is 264 g/mol. The molecule has 0 amide bonds. The molecule has 0 radical (unpaired) electrons. The largest absolute Gasteiger partial charge is 0.478 e. The van der Waals surface area contributed by atoms with E-state index in [2.05, 4.69) is 26.1 Å². The lowest BCUT2D eigenvalue weighted by Gasteiger charge is -2.18. The van der Waals surface area contributed by atoms with E-state index in [-0.39, 0.29) is 5.56 Å². The van der Waals surface area contributed by atoms with E-state index >= 15 is 0 Å². The molecule has 0 heterocycles. The smallest absolute Gasteiger partial charge is 0.337 e. The summed E-state index contributed by atoms with van der Waals surface area (Å²) in [5.74, 6) is -0.314. The van der Waals surface area contributed by atoms with Crippen LogP contribution in [0.5, 0.6) is 0 Å². The van der Waals surface area contributed by atoms with E-state index in [1.807, 2.05) is 13.0 Å². The Bertz CT molecular complexity index is 456. The van der Waals surface area contributed by atoms with Crippen molar-refractivity contribution in [3.05, 3.63) is 23.3 Å². The molecule has 4 heteroatoms. The molecule has 1 atom stereocenters. The van der Waals surface area contributed by atoms with E-state index in [1.165, 1.54) is 0 Å². The van der Waals surface area contributed by atoms with Crippen molar-refractivity contribution in [3.8, 4) is 0 Å². The summed E-state index contributed by atoms with van der Waals surface area (Å²) in [6.07, 6.45) is 2.21. The fourth-order valence-corrected chi connectivity index (χ4v) is 2.00. The van der Waals surface area contributed by atoms with Gasteiger partial charge in [-0.05, 0) is 50.3 Å². The zero-order valence-electron chi connectivity index (χ0n) is 12.2. The Morgan fingerprint density at radius 1 is 1.32 bits per heavy atom. The average Bonchev–Trinajstić information content (AvgIpc) is 2.30. The van der Waals surface area contributed by atoms with Gasteiger partial charge in [0, 0.05) is 17.4 Å². The maximum absolute atomic E-state index is 11.1. The molecule has 0 aliphatic heterocycles. The SMILES string of the molecule is Cc1cc(NC(C)CCC(C)C)cc(C(=O)O)c1N. The first-order valence-corrected chi connectivity index (χ1v) is 6.71. The number of aromatic carboxylic acids is 1. The van der Waals surface area contributed by atoms with Crippen LogP contribution in [0.3, 0.4) is 0 Å². The fourth-order valence-electron chi connectivity index (χ4n) is 2.00. The van der Waals surface area contributed by atoms with Crippen molar-refractivity contribution in [2.45, 2.75) is 46.6 Å². The normalized spacial score (nSPS) is 12.5. The zero-order chi connectivity index (χ0) is 14.6. The number of nitrogens with two attached hydrogens (primary N) is 1. The number of nitrogen functional groups attached to an aromatic ring is 1. The Balaban J connectivity index is 2.81. The van der Waals surface area contributed by atoms with Gasteiger partial charge in [-0.15, -0.1) is 0 Å². The molecule has 1 rings (SSSR count). The Morgan fingerprint density at radius 3 is 2.47 bits per heavy atom. The van der Waals surface area contributed by atoms with Gasteiger partial charge in [0.1, 0.15) is 0 Å². The Kier molecular flexibility index (Phi) is 5.21. The van der Waals surface area contributed by atoms with Crippen LogP contribution in [0.1, 0.15) is 49.5 Å². The number of anilines is 2. The van der Waals surface area contributed by atoms with Crippen molar-refractivity contribution in [1.82, 2.24) is 0 Å². The lowest BCUT2D eigenvalue weighted by molar-refractivity contribution is 0.0698. The highest BCUT2D eigenvalue weighted by atomic mass is 16.4. The van der Waals surface area contributed by atoms with E-state index in [0.29, 0.717) is 17.6 Å². The second-order valence-electron chi connectivity index (χ2n) is 5.58. The van der Waals surface area contributed by atoms with Crippen LogP contribution in [0.2, 0.25) is 0 Å². The van der Waals surface area contributed by atoms with Gasteiger partial charge in [0.2, 0.25) is 0 Å². The molecule has 0 saturated carbocycles. The highest BCUT2D eigenvalue weighted by Crippen LogP contribution is 2.24. The number of carboxylic acid groups (broad SMARTS) is 1. The summed E-state index contributed by atoms with van der Waals surface area (Å²) in [6, 6.07) is 3.82. The molecule has 106 valence electrons. The van der Waals surface area contributed by atoms with Crippen molar-refractivity contribution in [2.75, 3.05) is 11.1 Å². The van der Waals surface area contributed by atoms with Crippen LogP contribution >= 0.6 is 0 Å². The molecular formula is C15H24N2O2. The molecule has 0 aliphatic rings. The molecule has 0 bridgehead atoms. The lowest BCUT2D eigenvalue weighted by atomic mass is 10.0. The second kappa shape index (κ2) is 6.45. The summed E-state index contributed by atoms with van der Waals surface area (Å²) in [5.41, 5.74) is 7.89. The predicted octanol–water partition coefficient (Wildman–Crippen LogP) is 3.51. The van der Waals surface area contributed by atoms with Crippen LogP contribution in [0.4, 0.5) is 11.4 Å². The number of hydrogen-bond donors (Lipinski definition) is 3. The van der Waals surface area contributed by atoms with Crippen molar-refractivity contribution in [1.29, 1.82) is 0 Å². The molecule has 0 saturated heterocycles. The third kappa shape index (κ3) is 4.47. The van der Waals surface area contributed by atoms with Crippen molar-refractivity contribution in [2.24, 2.45) is 5.92 Å². The van der Waals surface area contributed by atoms with Crippen LogP contribution in [-0.2, 0) is 0 Å². The van der Waals surface area contributed by atoms with E-state index in [4.69, 9.17) is 10.8 Å². The number of rotatable bonds is 6. The van der Waals surface area contributed by atoms with Crippen molar-refractivity contribution < 1.29 is 9.90 Å². The van der Waals surface area contributed by atoms with Crippen LogP contribution in [-0.4, -0.2) is 17.1 Å². The molecule has 1 aromatic rings. The maximum Gasteiger partial charge on any atom is 0.337 e. The van der Waals surface area contributed by atoms with E-state index in [9.17, 15) is 4.79 Å². The van der Waals surface area contributed by atoms with Crippen LogP contribution in [0.15, 0.2) is 12.1 Å². The first-order chi connectivity index (χ1) is 8.81. The van der Waals surface area contributed by atoms with E-state index in [0.717, 1.165) is 24.1 Å². The second-order valence-corrected chi connectivity index (χ2v) is 5.58. The Labute approximate surface area is 115 Å². The summed E-state index contributed by atoms with van der Waals surface area (Å²) in [7, 11) is 0. The first kappa shape index (κ1) is 15.3. The molecule has 0 aromatic heterocycles. The van der Waals surface area contributed by atoms with Gasteiger partial charge in [-0.1, -0.05) is 13.8 Å². The van der Waals surface area contributed by atoms with Crippen molar-refractivity contribution >= 4 is 17.3 Å². The quantitative estimate of drug-likeness (QED) is 0.687. The maximum atomic E-state index is 11.1. The number of carboxylic acids is 1. The number of hydrogen-bond acceptors (Lipinski definition) is 3. The molecule has 0 spiro atoms. The molecule has 19 heavy (non-hydrogen) atoms. The standard InChI is InChI=1S/C15H24N2O2/c1-9(2)5-6-11(4)17-12-7-10(3)14(16)13(8-12)15(18)19/h7-9,11,17H,5-6,16H2,1-4H3,(H,18,19). The molecule has 0 aliphatic carbocycles. The Hall–Kier alpha value is -1.71. The first-order valence-electron chi connectivity index (χ1n) is 6.71. The number of nitrogens with one attached hydrogen (secondary N) is 1. The predicted molar refractivity (Wildman–Crippen MR) is 79.7 cm³/mol. The summed E-state index contributed by atoms with van der Waals surface area (Å²) in [5, 5.41) is 12.5. The fraction of sp³-hybridized carbons (Fsp3) is 0.533. The van der Waals surface area contributed by atoms with Crippen LogP contribution < -0.4 is 11.1 Å². The molecule has 1 unspecified atom stereocenters. The van der Waals surface area contributed by atoms with Gasteiger partial charge in [0.05, 0.1) is 5.56 Å². The minimum atomic E-state index is -0.987. The molecule has 0 fully saturated rings. The number of aryl methyl sites for hydroxylation is 1. The third-order valence-electron chi connectivity index (χ3n) is 3.21. The molecule has 1 aromatic carbocycles. The summed E-state index contributed by atoms with van der Waals surface area (Å²) >= 11 is 0. The van der Waals surface area contributed by atoms with Gasteiger partial charge < -0.3 is 16.2 Å². The number of benzene rings is 1. The van der Waals surface area contributed by atoms with Gasteiger partial charge in [0.15, 0.2) is 0 Å². The summed E-state index contributed by atoms with van der Waals surface area (Å²) < 4.78 is 0. The lowest BCUT2D eigenvalue weighted by Crippen LogP contribution is -2.17. The monoisotopic (exact) mass is 264 g/mol. The topological polar surface area (TPSA) is 75.3 Å². The van der Waals surface area contributed by atoms with Gasteiger partial charge in [-0.3, -0.25) is 0 Å². The third-order valence-corrected chi connectivity index (χ3v) is 3.21. The van der Waals surface area contributed by atoms with E-state index < -0.39 is 5.97 Å². The highest BCUT2D eigenvalue weighted by Gasteiger charge is 2.13. The minimum Gasteiger partial charge on any atom is -0.478 e.